The van der Waals surface area contributed by atoms with Crippen molar-refractivity contribution in [2.75, 3.05) is 6.54 Å². The van der Waals surface area contributed by atoms with Gasteiger partial charge in [0.15, 0.2) is 0 Å². The molecule has 0 aliphatic rings. The van der Waals surface area contributed by atoms with Gasteiger partial charge in [0.05, 0.1) is 6.10 Å². The zero-order chi connectivity index (χ0) is 10.6. The van der Waals surface area contributed by atoms with Crippen LogP contribution in [0.25, 0.3) is 0 Å². The predicted octanol–water partition coefficient (Wildman–Crippen LogP) is 2.37. The van der Waals surface area contributed by atoms with Crippen molar-refractivity contribution < 1.29 is 5.11 Å². The molecule has 0 aromatic heterocycles. The SMILES string of the molecule is C[C@H](NC[C@@H](C)O)c1ccc(Cl)cc1. The second-order valence-corrected chi connectivity index (χ2v) is 3.97. The molecule has 0 unspecified atom stereocenters. The molecular formula is C11H16ClNO. The summed E-state index contributed by atoms with van der Waals surface area (Å²) >= 11 is 5.78. The summed E-state index contributed by atoms with van der Waals surface area (Å²) in [4.78, 5) is 0. The minimum atomic E-state index is -0.315. The number of hydrogen-bond donors (Lipinski definition) is 2. The van der Waals surface area contributed by atoms with Crippen LogP contribution in [-0.2, 0) is 0 Å². The van der Waals surface area contributed by atoms with Crippen LogP contribution in [0.3, 0.4) is 0 Å². The van der Waals surface area contributed by atoms with Crippen molar-refractivity contribution >= 4 is 11.6 Å². The quantitative estimate of drug-likeness (QED) is 0.805. The average molecular weight is 214 g/mol. The summed E-state index contributed by atoms with van der Waals surface area (Å²) in [7, 11) is 0. The molecule has 0 fully saturated rings. The molecule has 0 aliphatic heterocycles. The summed E-state index contributed by atoms with van der Waals surface area (Å²) in [5.74, 6) is 0. The van der Waals surface area contributed by atoms with E-state index < -0.39 is 0 Å². The Morgan fingerprint density at radius 2 is 1.86 bits per heavy atom. The molecule has 0 radical (unpaired) electrons. The number of aliphatic hydroxyl groups excluding tert-OH is 1. The van der Waals surface area contributed by atoms with Gasteiger partial charge in [-0.2, -0.15) is 0 Å². The minimum Gasteiger partial charge on any atom is -0.392 e. The molecule has 0 amide bonds. The normalized spacial score (nSPS) is 15.1. The largest absolute Gasteiger partial charge is 0.392 e. The molecule has 1 aromatic rings. The Morgan fingerprint density at radius 1 is 1.29 bits per heavy atom. The summed E-state index contributed by atoms with van der Waals surface area (Å²) in [5, 5.41) is 13.1. The molecule has 14 heavy (non-hydrogen) atoms. The van der Waals surface area contributed by atoms with E-state index in [2.05, 4.69) is 12.2 Å². The number of aliphatic hydroxyl groups is 1. The first kappa shape index (κ1) is 11.5. The first-order chi connectivity index (χ1) is 6.59. The van der Waals surface area contributed by atoms with Crippen LogP contribution in [0.15, 0.2) is 24.3 Å². The lowest BCUT2D eigenvalue weighted by Crippen LogP contribution is -2.27. The predicted molar refractivity (Wildman–Crippen MR) is 59.6 cm³/mol. The molecule has 0 aliphatic carbocycles. The van der Waals surface area contributed by atoms with Gasteiger partial charge in [-0.15, -0.1) is 0 Å². The first-order valence-electron chi connectivity index (χ1n) is 4.76. The van der Waals surface area contributed by atoms with E-state index in [4.69, 9.17) is 16.7 Å². The first-order valence-corrected chi connectivity index (χ1v) is 5.14. The van der Waals surface area contributed by atoms with Crippen LogP contribution in [0.5, 0.6) is 0 Å². The summed E-state index contributed by atoms with van der Waals surface area (Å²) in [6.45, 7) is 4.43. The van der Waals surface area contributed by atoms with Gasteiger partial charge in [-0.1, -0.05) is 23.7 Å². The van der Waals surface area contributed by atoms with Gasteiger partial charge in [-0.25, -0.2) is 0 Å². The maximum absolute atomic E-state index is 9.11. The van der Waals surface area contributed by atoms with Crippen molar-refractivity contribution in [2.24, 2.45) is 0 Å². The molecule has 1 rings (SSSR count). The lowest BCUT2D eigenvalue weighted by Gasteiger charge is -2.15. The van der Waals surface area contributed by atoms with E-state index in [9.17, 15) is 0 Å². The van der Waals surface area contributed by atoms with Crippen molar-refractivity contribution in [1.82, 2.24) is 5.32 Å². The van der Waals surface area contributed by atoms with E-state index in [1.807, 2.05) is 24.3 Å². The minimum absolute atomic E-state index is 0.238. The van der Waals surface area contributed by atoms with Gasteiger partial charge in [0, 0.05) is 17.6 Å². The van der Waals surface area contributed by atoms with Crippen molar-refractivity contribution in [1.29, 1.82) is 0 Å². The highest BCUT2D eigenvalue weighted by Crippen LogP contribution is 2.15. The lowest BCUT2D eigenvalue weighted by atomic mass is 10.1. The zero-order valence-electron chi connectivity index (χ0n) is 8.50. The third-order valence-corrected chi connectivity index (χ3v) is 2.34. The second-order valence-electron chi connectivity index (χ2n) is 3.53. The van der Waals surface area contributed by atoms with Crippen LogP contribution in [0.1, 0.15) is 25.5 Å². The Bertz CT molecular complexity index is 271. The molecule has 0 saturated carbocycles. The number of rotatable bonds is 4. The van der Waals surface area contributed by atoms with Crippen LogP contribution in [0.2, 0.25) is 5.02 Å². The van der Waals surface area contributed by atoms with Gasteiger partial charge >= 0.3 is 0 Å². The highest BCUT2D eigenvalue weighted by atomic mass is 35.5. The monoisotopic (exact) mass is 213 g/mol. The molecule has 0 spiro atoms. The van der Waals surface area contributed by atoms with E-state index in [0.29, 0.717) is 6.54 Å². The van der Waals surface area contributed by atoms with Crippen LogP contribution < -0.4 is 5.32 Å². The molecule has 2 N–H and O–H groups in total. The summed E-state index contributed by atoms with van der Waals surface area (Å²) in [5.41, 5.74) is 1.18. The molecular weight excluding hydrogens is 198 g/mol. The maximum Gasteiger partial charge on any atom is 0.0636 e. The molecule has 0 heterocycles. The smallest absolute Gasteiger partial charge is 0.0636 e. The molecule has 0 saturated heterocycles. The fourth-order valence-electron chi connectivity index (χ4n) is 1.22. The van der Waals surface area contributed by atoms with Crippen LogP contribution in [-0.4, -0.2) is 17.8 Å². The Balaban J connectivity index is 2.52. The molecule has 2 atom stereocenters. The Labute approximate surface area is 89.9 Å². The molecule has 2 nitrogen and oxygen atoms in total. The Morgan fingerprint density at radius 3 is 2.36 bits per heavy atom. The Hall–Kier alpha value is -0.570. The fraction of sp³-hybridized carbons (Fsp3) is 0.455. The van der Waals surface area contributed by atoms with Gasteiger partial charge in [0.25, 0.3) is 0 Å². The summed E-state index contributed by atoms with van der Waals surface area (Å²) in [6.07, 6.45) is -0.315. The number of nitrogens with one attached hydrogen (secondary N) is 1. The fourth-order valence-corrected chi connectivity index (χ4v) is 1.34. The third kappa shape index (κ3) is 3.66. The standard InChI is InChI=1S/C11H16ClNO/c1-8(14)7-13-9(2)10-3-5-11(12)6-4-10/h3-6,8-9,13-14H,7H2,1-2H3/t8-,9+/m1/s1. The summed E-state index contributed by atoms with van der Waals surface area (Å²) in [6, 6.07) is 7.96. The van der Waals surface area contributed by atoms with Gasteiger partial charge in [0.2, 0.25) is 0 Å². The second kappa shape index (κ2) is 5.35. The average Bonchev–Trinajstić information content (AvgIpc) is 2.15. The molecule has 78 valence electrons. The number of hydrogen-bond acceptors (Lipinski definition) is 2. The lowest BCUT2D eigenvalue weighted by molar-refractivity contribution is 0.187. The van der Waals surface area contributed by atoms with Crippen LogP contribution in [0.4, 0.5) is 0 Å². The highest BCUT2D eigenvalue weighted by Gasteiger charge is 2.05. The van der Waals surface area contributed by atoms with E-state index in [1.54, 1.807) is 6.92 Å². The molecule has 1 aromatic carbocycles. The molecule has 0 bridgehead atoms. The number of halogens is 1. The van der Waals surface area contributed by atoms with Gasteiger partial charge in [-0.3, -0.25) is 0 Å². The summed E-state index contributed by atoms with van der Waals surface area (Å²) < 4.78 is 0. The highest BCUT2D eigenvalue weighted by molar-refractivity contribution is 6.30. The van der Waals surface area contributed by atoms with Crippen molar-refractivity contribution in [2.45, 2.75) is 26.0 Å². The molecule has 3 heteroatoms. The topological polar surface area (TPSA) is 32.3 Å². The van der Waals surface area contributed by atoms with Crippen molar-refractivity contribution in [3.63, 3.8) is 0 Å². The van der Waals surface area contributed by atoms with Gasteiger partial charge < -0.3 is 10.4 Å². The number of benzene rings is 1. The van der Waals surface area contributed by atoms with Crippen LogP contribution in [0, 0.1) is 0 Å². The Kier molecular flexibility index (Phi) is 4.39. The maximum atomic E-state index is 9.11. The van der Waals surface area contributed by atoms with Gasteiger partial charge in [-0.05, 0) is 31.5 Å². The van der Waals surface area contributed by atoms with E-state index >= 15 is 0 Å². The van der Waals surface area contributed by atoms with E-state index in [1.165, 1.54) is 5.56 Å². The van der Waals surface area contributed by atoms with E-state index in [-0.39, 0.29) is 12.1 Å². The van der Waals surface area contributed by atoms with Crippen LogP contribution >= 0.6 is 11.6 Å². The van der Waals surface area contributed by atoms with Crippen molar-refractivity contribution in [3.05, 3.63) is 34.9 Å². The van der Waals surface area contributed by atoms with Crippen molar-refractivity contribution in [3.8, 4) is 0 Å². The zero-order valence-corrected chi connectivity index (χ0v) is 9.25. The van der Waals surface area contributed by atoms with E-state index in [0.717, 1.165) is 5.02 Å². The van der Waals surface area contributed by atoms with Gasteiger partial charge in [0.1, 0.15) is 0 Å². The third-order valence-electron chi connectivity index (χ3n) is 2.09.